The smallest absolute Gasteiger partial charge is 0.345 e. The summed E-state index contributed by atoms with van der Waals surface area (Å²) in [5.74, 6) is 0. The molecular weight excluding hydrogens is 267 g/mol. The Bertz CT molecular complexity index is 670. The Hall–Kier alpha value is -1.82. The van der Waals surface area contributed by atoms with Gasteiger partial charge in [-0.2, -0.15) is 13.2 Å². The first-order chi connectivity index (χ1) is 9.45. The fourth-order valence-electron chi connectivity index (χ4n) is 2.47. The number of aromatic nitrogens is 2. The molecular formula is C14H14F3N3. The molecule has 0 atom stereocenters. The van der Waals surface area contributed by atoms with E-state index in [4.69, 9.17) is 0 Å². The highest BCUT2D eigenvalue weighted by molar-refractivity contribution is 5.90. The second kappa shape index (κ2) is 4.63. The molecule has 0 spiro atoms. The van der Waals surface area contributed by atoms with E-state index in [0.717, 1.165) is 31.1 Å². The molecule has 0 radical (unpaired) electrons. The van der Waals surface area contributed by atoms with Crippen molar-refractivity contribution in [3.63, 3.8) is 0 Å². The van der Waals surface area contributed by atoms with Gasteiger partial charge in [0.05, 0.1) is 22.9 Å². The Morgan fingerprint density at radius 1 is 1.30 bits per heavy atom. The average Bonchev–Trinajstić information content (AvgIpc) is 2.85. The summed E-state index contributed by atoms with van der Waals surface area (Å²) in [6.07, 6.45) is -0.198. The summed E-state index contributed by atoms with van der Waals surface area (Å²) in [5.41, 5.74) is 1.92. The standard InChI is InChI=1S/C14H14F3N3/c1-20-4-2-9(3-5-20)11-6-10(14(15,16)17)7-12-13(11)19-8-18-12/h2,6-8H,3-5H2,1H3,(H,18,19). The number of imidazole rings is 1. The Kier molecular flexibility index (Phi) is 3.05. The number of aromatic amines is 1. The number of H-pyrrole nitrogens is 1. The van der Waals surface area contributed by atoms with Crippen LogP contribution in [0.3, 0.4) is 0 Å². The minimum absolute atomic E-state index is 0.426. The SMILES string of the molecule is CN1CC=C(c2cc(C(F)(F)F)cc3[nH]cnc23)CC1. The van der Waals surface area contributed by atoms with E-state index in [-0.39, 0.29) is 0 Å². The van der Waals surface area contributed by atoms with E-state index in [1.807, 2.05) is 13.1 Å². The molecule has 1 N–H and O–H groups in total. The summed E-state index contributed by atoms with van der Waals surface area (Å²) in [7, 11) is 1.99. The molecule has 1 aliphatic heterocycles. The first kappa shape index (κ1) is 13.2. The van der Waals surface area contributed by atoms with Crippen LogP contribution >= 0.6 is 0 Å². The second-order valence-electron chi connectivity index (χ2n) is 5.06. The monoisotopic (exact) mass is 281 g/mol. The molecule has 1 aromatic heterocycles. The summed E-state index contributed by atoms with van der Waals surface area (Å²) in [6, 6.07) is 2.32. The molecule has 0 unspecified atom stereocenters. The van der Waals surface area contributed by atoms with Crippen LogP contribution in [-0.4, -0.2) is 35.0 Å². The number of likely N-dealkylation sites (N-methyl/N-ethyl adjacent to an activating group) is 1. The number of halogens is 3. The molecule has 0 saturated carbocycles. The predicted molar refractivity (Wildman–Crippen MR) is 71.2 cm³/mol. The maximum atomic E-state index is 13.0. The molecule has 0 aliphatic carbocycles. The molecule has 1 aliphatic rings. The second-order valence-corrected chi connectivity index (χ2v) is 5.06. The van der Waals surface area contributed by atoms with Gasteiger partial charge in [-0.1, -0.05) is 6.08 Å². The lowest BCUT2D eigenvalue weighted by Crippen LogP contribution is -2.23. The lowest BCUT2D eigenvalue weighted by Gasteiger charge is -2.22. The molecule has 1 aromatic carbocycles. The van der Waals surface area contributed by atoms with Crippen molar-refractivity contribution in [1.29, 1.82) is 0 Å². The number of fused-ring (bicyclic) bond motifs is 1. The molecule has 0 saturated heterocycles. The number of nitrogens with one attached hydrogen (secondary N) is 1. The average molecular weight is 281 g/mol. The quantitative estimate of drug-likeness (QED) is 0.869. The summed E-state index contributed by atoms with van der Waals surface area (Å²) < 4.78 is 38.9. The first-order valence-corrected chi connectivity index (χ1v) is 6.37. The van der Waals surface area contributed by atoms with Crippen molar-refractivity contribution in [2.45, 2.75) is 12.6 Å². The van der Waals surface area contributed by atoms with Gasteiger partial charge < -0.3 is 9.88 Å². The summed E-state index contributed by atoms with van der Waals surface area (Å²) >= 11 is 0. The van der Waals surface area contributed by atoms with Gasteiger partial charge in [0, 0.05) is 18.7 Å². The van der Waals surface area contributed by atoms with Crippen LogP contribution in [0.4, 0.5) is 13.2 Å². The normalized spacial score (nSPS) is 17.5. The van der Waals surface area contributed by atoms with Gasteiger partial charge in [-0.3, -0.25) is 0 Å². The number of benzene rings is 1. The molecule has 0 amide bonds. The topological polar surface area (TPSA) is 31.9 Å². The fraction of sp³-hybridized carbons (Fsp3) is 0.357. The van der Waals surface area contributed by atoms with Gasteiger partial charge in [-0.05, 0) is 31.2 Å². The Morgan fingerprint density at radius 2 is 2.10 bits per heavy atom. The Morgan fingerprint density at radius 3 is 2.75 bits per heavy atom. The number of hydrogen-bond acceptors (Lipinski definition) is 2. The molecule has 0 fully saturated rings. The Balaban J connectivity index is 2.16. The van der Waals surface area contributed by atoms with Crippen LogP contribution in [0.25, 0.3) is 16.6 Å². The van der Waals surface area contributed by atoms with Gasteiger partial charge in [0.1, 0.15) is 0 Å². The van der Waals surface area contributed by atoms with Crippen LogP contribution in [-0.2, 0) is 6.18 Å². The summed E-state index contributed by atoms with van der Waals surface area (Å²) in [4.78, 5) is 9.05. The third kappa shape index (κ3) is 2.31. The number of alkyl halides is 3. The van der Waals surface area contributed by atoms with Crippen LogP contribution in [0.15, 0.2) is 24.5 Å². The largest absolute Gasteiger partial charge is 0.416 e. The van der Waals surface area contributed by atoms with E-state index in [9.17, 15) is 13.2 Å². The molecule has 2 heterocycles. The highest BCUT2D eigenvalue weighted by Gasteiger charge is 2.32. The van der Waals surface area contributed by atoms with Gasteiger partial charge in [0.25, 0.3) is 0 Å². The van der Waals surface area contributed by atoms with Crippen LogP contribution in [0.5, 0.6) is 0 Å². The van der Waals surface area contributed by atoms with Gasteiger partial charge in [-0.25, -0.2) is 4.98 Å². The molecule has 0 bridgehead atoms. The van der Waals surface area contributed by atoms with Crippen LogP contribution in [0.2, 0.25) is 0 Å². The third-order valence-corrected chi connectivity index (χ3v) is 3.61. The van der Waals surface area contributed by atoms with Crippen LogP contribution in [0, 0.1) is 0 Å². The van der Waals surface area contributed by atoms with Crippen LogP contribution in [0.1, 0.15) is 17.5 Å². The zero-order valence-electron chi connectivity index (χ0n) is 11.0. The van der Waals surface area contributed by atoms with Crippen molar-refractivity contribution in [3.05, 3.63) is 35.7 Å². The van der Waals surface area contributed by atoms with Crippen molar-refractivity contribution in [1.82, 2.24) is 14.9 Å². The molecule has 2 aromatic rings. The molecule has 6 heteroatoms. The summed E-state index contributed by atoms with van der Waals surface area (Å²) in [5, 5.41) is 0. The highest BCUT2D eigenvalue weighted by atomic mass is 19.4. The fourth-order valence-corrected chi connectivity index (χ4v) is 2.47. The number of hydrogen-bond donors (Lipinski definition) is 1. The molecule has 20 heavy (non-hydrogen) atoms. The minimum atomic E-state index is -4.35. The predicted octanol–water partition coefficient (Wildman–Crippen LogP) is 3.30. The van der Waals surface area contributed by atoms with Crippen molar-refractivity contribution in [3.8, 4) is 0 Å². The van der Waals surface area contributed by atoms with Crippen molar-refractivity contribution < 1.29 is 13.2 Å². The number of nitrogens with zero attached hydrogens (tertiary/aromatic N) is 2. The van der Waals surface area contributed by atoms with Gasteiger partial charge >= 0.3 is 6.18 Å². The van der Waals surface area contributed by atoms with E-state index in [1.165, 1.54) is 12.4 Å². The summed E-state index contributed by atoms with van der Waals surface area (Å²) in [6.45, 7) is 1.59. The van der Waals surface area contributed by atoms with Crippen molar-refractivity contribution in [2.75, 3.05) is 20.1 Å². The zero-order chi connectivity index (χ0) is 14.3. The van der Waals surface area contributed by atoms with Gasteiger partial charge in [-0.15, -0.1) is 0 Å². The maximum Gasteiger partial charge on any atom is 0.416 e. The highest BCUT2D eigenvalue weighted by Crippen LogP contribution is 2.35. The van der Waals surface area contributed by atoms with E-state index in [2.05, 4.69) is 14.9 Å². The van der Waals surface area contributed by atoms with Crippen LogP contribution < -0.4 is 0 Å². The van der Waals surface area contributed by atoms with Gasteiger partial charge in [0.2, 0.25) is 0 Å². The maximum absolute atomic E-state index is 13.0. The number of rotatable bonds is 1. The molecule has 3 nitrogen and oxygen atoms in total. The Labute approximate surface area is 114 Å². The lowest BCUT2D eigenvalue weighted by molar-refractivity contribution is -0.137. The molecule has 106 valence electrons. The van der Waals surface area contributed by atoms with Crippen molar-refractivity contribution in [2.24, 2.45) is 0 Å². The first-order valence-electron chi connectivity index (χ1n) is 6.37. The van der Waals surface area contributed by atoms with Gasteiger partial charge in [0.15, 0.2) is 0 Å². The van der Waals surface area contributed by atoms with E-state index >= 15 is 0 Å². The zero-order valence-corrected chi connectivity index (χ0v) is 11.0. The molecule has 3 rings (SSSR count). The minimum Gasteiger partial charge on any atom is -0.345 e. The third-order valence-electron chi connectivity index (χ3n) is 3.61. The van der Waals surface area contributed by atoms with Crippen molar-refractivity contribution >= 4 is 16.6 Å². The van der Waals surface area contributed by atoms with E-state index < -0.39 is 11.7 Å². The van der Waals surface area contributed by atoms with E-state index in [1.54, 1.807) is 0 Å². The lowest BCUT2D eigenvalue weighted by atomic mass is 9.96. The van der Waals surface area contributed by atoms with E-state index in [0.29, 0.717) is 16.6 Å².